The summed E-state index contributed by atoms with van der Waals surface area (Å²) in [5.74, 6) is 0.584. The summed E-state index contributed by atoms with van der Waals surface area (Å²) in [5, 5.41) is 2.31. The molecule has 188 valence electrons. The van der Waals surface area contributed by atoms with Gasteiger partial charge in [-0.3, -0.25) is 19.3 Å². The molecule has 0 aliphatic carbocycles. The molecule has 2 saturated heterocycles. The number of aromatic nitrogens is 1. The standard InChI is InChI=1S/C27H34N2O6/c1-17(30)22-13-28-24(12-25(22)31)20-10-18(14-32-4)26(35-9-5-8-34-19-15-33-16-19)11-21(20)23-6-7-27(2,3)29(23)28/h10-13,19,23H,5-9,14-16H2,1-4H3/t23-/m1/s1. The molecule has 1 aromatic heterocycles. The van der Waals surface area contributed by atoms with Crippen LogP contribution in [-0.4, -0.2) is 55.6 Å². The molecular weight excluding hydrogens is 448 g/mol. The summed E-state index contributed by atoms with van der Waals surface area (Å²) < 4.78 is 24.6. The molecule has 2 fully saturated rings. The van der Waals surface area contributed by atoms with E-state index in [4.69, 9.17) is 18.9 Å². The highest BCUT2D eigenvalue weighted by atomic mass is 16.6. The van der Waals surface area contributed by atoms with E-state index in [1.54, 1.807) is 19.4 Å². The van der Waals surface area contributed by atoms with Crippen LogP contribution in [0, 0.1) is 0 Å². The number of hydrogen-bond acceptors (Lipinski definition) is 7. The number of methoxy groups -OCH3 is 1. The Labute approximate surface area is 205 Å². The third kappa shape index (κ3) is 4.39. The summed E-state index contributed by atoms with van der Waals surface area (Å²) >= 11 is 0. The molecule has 0 N–H and O–H groups in total. The maximum absolute atomic E-state index is 12.8. The first kappa shape index (κ1) is 24.0. The maximum Gasteiger partial charge on any atom is 0.193 e. The Kier molecular flexibility index (Phi) is 6.46. The van der Waals surface area contributed by atoms with E-state index >= 15 is 0 Å². The largest absolute Gasteiger partial charge is 0.493 e. The van der Waals surface area contributed by atoms with Crippen LogP contribution >= 0.6 is 0 Å². The maximum atomic E-state index is 12.8. The lowest BCUT2D eigenvalue weighted by molar-refractivity contribution is -0.130. The number of pyridine rings is 1. The predicted molar refractivity (Wildman–Crippen MR) is 132 cm³/mol. The van der Waals surface area contributed by atoms with Crippen molar-refractivity contribution in [1.82, 2.24) is 4.68 Å². The fourth-order valence-corrected chi connectivity index (χ4v) is 5.39. The molecule has 0 bridgehead atoms. The van der Waals surface area contributed by atoms with E-state index in [-0.39, 0.29) is 34.5 Å². The Balaban J connectivity index is 1.51. The van der Waals surface area contributed by atoms with Crippen molar-refractivity contribution in [2.75, 3.05) is 38.5 Å². The quantitative estimate of drug-likeness (QED) is 0.399. The van der Waals surface area contributed by atoms with Crippen LogP contribution in [0.1, 0.15) is 67.6 Å². The van der Waals surface area contributed by atoms with Gasteiger partial charge in [-0.1, -0.05) is 0 Å². The molecule has 0 unspecified atom stereocenters. The van der Waals surface area contributed by atoms with Crippen LogP contribution in [-0.2, 0) is 20.8 Å². The van der Waals surface area contributed by atoms with Crippen molar-refractivity contribution in [2.45, 2.75) is 64.3 Å². The van der Waals surface area contributed by atoms with Crippen LogP contribution in [0.15, 0.2) is 29.2 Å². The minimum absolute atomic E-state index is 0.121. The van der Waals surface area contributed by atoms with Gasteiger partial charge in [0.1, 0.15) is 11.9 Å². The zero-order chi connectivity index (χ0) is 24.7. The van der Waals surface area contributed by atoms with Crippen molar-refractivity contribution in [3.63, 3.8) is 0 Å². The number of carbonyl (C=O) groups is 1. The Morgan fingerprint density at radius 2 is 2.00 bits per heavy atom. The van der Waals surface area contributed by atoms with E-state index < -0.39 is 0 Å². The number of ether oxygens (including phenoxy) is 4. The summed E-state index contributed by atoms with van der Waals surface area (Å²) in [6.07, 6.45) is 4.69. The van der Waals surface area contributed by atoms with Gasteiger partial charge in [0.25, 0.3) is 0 Å². The van der Waals surface area contributed by atoms with E-state index in [9.17, 15) is 9.59 Å². The molecule has 0 radical (unpaired) electrons. The smallest absolute Gasteiger partial charge is 0.193 e. The van der Waals surface area contributed by atoms with Crippen molar-refractivity contribution in [1.29, 1.82) is 0 Å². The van der Waals surface area contributed by atoms with Gasteiger partial charge < -0.3 is 18.9 Å². The zero-order valence-electron chi connectivity index (χ0n) is 21.0. The average molecular weight is 483 g/mol. The minimum atomic E-state index is -0.254. The second-order valence-corrected chi connectivity index (χ2v) is 10.3. The molecule has 3 aliphatic heterocycles. The number of hydrogen-bond donors (Lipinski definition) is 0. The molecule has 8 heteroatoms. The van der Waals surface area contributed by atoms with Crippen molar-refractivity contribution in [2.24, 2.45) is 0 Å². The number of ketones is 1. The number of benzene rings is 1. The summed E-state index contributed by atoms with van der Waals surface area (Å²) in [6, 6.07) is 5.92. The monoisotopic (exact) mass is 482 g/mol. The highest BCUT2D eigenvalue weighted by Gasteiger charge is 2.45. The predicted octanol–water partition coefficient (Wildman–Crippen LogP) is 3.61. The van der Waals surface area contributed by atoms with Gasteiger partial charge in [-0.2, -0.15) is 0 Å². The van der Waals surface area contributed by atoms with Gasteiger partial charge in [-0.05, 0) is 51.3 Å². The second kappa shape index (κ2) is 9.41. The van der Waals surface area contributed by atoms with Gasteiger partial charge in [-0.15, -0.1) is 0 Å². The number of fused-ring (bicyclic) bond motifs is 6. The summed E-state index contributed by atoms with van der Waals surface area (Å²) in [5.41, 5.74) is 3.69. The SMILES string of the molecule is COCc1cc2c(cc1OCCCOC1COC1)[C@H]1CCC(C)(C)N1n1cc(C(C)=O)c(=O)cc1-2. The Bertz CT molecular complexity index is 1180. The summed E-state index contributed by atoms with van der Waals surface area (Å²) in [6.45, 7) is 8.78. The van der Waals surface area contributed by atoms with Gasteiger partial charge in [-0.25, -0.2) is 0 Å². The van der Waals surface area contributed by atoms with E-state index in [0.717, 1.165) is 47.4 Å². The summed E-state index contributed by atoms with van der Waals surface area (Å²) in [4.78, 5) is 25.0. The van der Waals surface area contributed by atoms with Crippen molar-refractivity contribution in [3.8, 4) is 17.0 Å². The molecule has 2 aromatic rings. The zero-order valence-corrected chi connectivity index (χ0v) is 21.0. The van der Waals surface area contributed by atoms with Gasteiger partial charge in [0.2, 0.25) is 0 Å². The first-order chi connectivity index (χ1) is 16.8. The van der Waals surface area contributed by atoms with E-state index in [1.807, 2.05) is 4.68 Å². The van der Waals surface area contributed by atoms with Gasteiger partial charge in [0.15, 0.2) is 11.2 Å². The highest BCUT2D eigenvalue weighted by molar-refractivity contribution is 5.94. The molecule has 4 heterocycles. The van der Waals surface area contributed by atoms with Gasteiger partial charge >= 0.3 is 0 Å². The number of carbonyl (C=O) groups excluding carboxylic acids is 1. The molecule has 0 saturated carbocycles. The van der Waals surface area contributed by atoms with Crippen molar-refractivity contribution >= 4 is 5.78 Å². The van der Waals surface area contributed by atoms with Crippen LogP contribution < -0.4 is 15.2 Å². The fraction of sp³-hybridized carbons (Fsp3) is 0.556. The van der Waals surface area contributed by atoms with Crippen LogP contribution in [0.2, 0.25) is 0 Å². The normalized spacial score (nSPS) is 20.1. The number of nitrogens with zero attached hydrogens (tertiary/aromatic N) is 2. The molecule has 0 spiro atoms. The third-order valence-electron chi connectivity index (χ3n) is 7.26. The lowest BCUT2D eigenvalue weighted by Gasteiger charge is -2.44. The number of Topliss-reactive ketones (excluding diaryl/α,β-unsaturated/α-hetero) is 1. The van der Waals surface area contributed by atoms with Crippen molar-refractivity contribution in [3.05, 3.63) is 51.3 Å². The lowest BCUT2D eigenvalue weighted by atomic mass is 9.92. The molecule has 0 amide bonds. The van der Waals surface area contributed by atoms with Gasteiger partial charge in [0.05, 0.1) is 55.9 Å². The third-order valence-corrected chi connectivity index (χ3v) is 7.26. The van der Waals surface area contributed by atoms with E-state index in [2.05, 4.69) is 31.0 Å². The van der Waals surface area contributed by atoms with E-state index in [1.165, 1.54) is 6.92 Å². The Morgan fingerprint density at radius 1 is 1.20 bits per heavy atom. The van der Waals surface area contributed by atoms with Crippen molar-refractivity contribution < 1.29 is 23.7 Å². The molecular formula is C27H34N2O6. The fourth-order valence-electron chi connectivity index (χ4n) is 5.39. The van der Waals surface area contributed by atoms with Crippen LogP contribution in [0.5, 0.6) is 5.75 Å². The van der Waals surface area contributed by atoms with Crippen LogP contribution in [0.25, 0.3) is 11.3 Å². The van der Waals surface area contributed by atoms with Gasteiger partial charge in [0, 0.05) is 36.9 Å². The molecule has 1 atom stereocenters. The molecule has 35 heavy (non-hydrogen) atoms. The average Bonchev–Trinajstić information content (AvgIpc) is 3.10. The highest BCUT2D eigenvalue weighted by Crippen LogP contribution is 2.49. The lowest BCUT2D eigenvalue weighted by Crippen LogP contribution is -2.50. The molecule has 8 nitrogen and oxygen atoms in total. The Hall–Kier alpha value is -2.68. The molecule has 3 aliphatic rings. The molecule has 5 rings (SSSR count). The first-order valence-electron chi connectivity index (χ1n) is 12.4. The second-order valence-electron chi connectivity index (χ2n) is 10.3. The van der Waals surface area contributed by atoms with Crippen LogP contribution in [0.3, 0.4) is 0 Å². The Morgan fingerprint density at radius 3 is 2.69 bits per heavy atom. The number of rotatable bonds is 9. The van der Waals surface area contributed by atoms with Crippen LogP contribution in [0.4, 0.5) is 0 Å². The van der Waals surface area contributed by atoms with E-state index in [0.29, 0.717) is 33.0 Å². The summed E-state index contributed by atoms with van der Waals surface area (Å²) in [7, 11) is 1.66. The topological polar surface area (TPSA) is 79.2 Å². The minimum Gasteiger partial charge on any atom is -0.493 e. The first-order valence-corrected chi connectivity index (χ1v) is 12.4. The molecule has 1 aromatic carbocycles.